The minimum absolute atomic E-state index is 0.287. The number of hydrogen-bond acceptors (Lipinski definition) is 8. The number of hydrogen-bond donors (Lipinski definition) is 2. The summed E-state index contributed by atoms with van der Waals surface area (Å²) in [5.41, 5.74) is 3.51. The SMILES string of the molecule is CCc1nc(-c2ccc(NC(=O)Nc3ccc(N4CCC(N(C)C)CC4)cc3)cc2)nc(N2CCOCC2)n1. The fraction of sp³-hybridized carbons (Fsp3) is 0.448. The van der Waals surface area contributed by atoms with Crippen LogP contribution in [0.15, 0.2) is 48.5 Å². The lowest BCUT2D eigenvalue weighted by molar-refractivity contribution is 0.122. The third-order valence-electron chi connectivity index (χ3n) is 7.37. The summed E-state index contributed by atoms with van der Waals surface area (Å²) >= 11 is 0. The largest absolute Gasteiger partial charge is 0.378 e. The molecule has 0 unspecified atom stereocenters. The van der Waals surface area contributed by atoms with Crippen molar-refractivity contribution in [3.05, 3.63) is 54.4 Å². The van der Waals surface area contributed by atoms with Crippen molar-refractivity contribution in [3.63, 3.8) is 0 Å². The van der Waals surface area contributed by atoms with Gasteiger partial charge in [-0.15, -0.1) is 0 Å². The van der Waals surface area contributed by atoms with E-state index < -0.39 is 0 Å². The molecule has 0 atom stereocenters. The highest BCUT2D eigenvalue weighted by molar-refractivity contribution is 5.99. The van der Waals surface area contributed by atoms with E-state index in [1.165, 1.54) is 5.69 Å². The molecule has 2 aromatic carbocycles. The van der Waals surface area contributed by atoms with Gasteiger partial charge >= 0.3 is 6.03 Å². The van der Waals surface area contributed by atoms with E-state index in [1.54, 1.807) is 0 Å². The van der Waals surface area contributed by atoms with E-state index in [0.717, 1.165) is 62.5 Å². The van der Waals surface area contributed by atoms with Crippen molar-refractivity contribution < 1.29 is 9.53 Å². The lowest BCUT2D eigenvalue weighted by Crippen LogP contribution is -2.41. The highest BCUT2D eigenvalue weighted by Crippen LogP contribution is 2.24. The Morgan fingerprint density at radius 2 is 1.49 bits per heavy atom. The topological polar surface area (TPSA) is 98.8 Å². The second kappa shape index (κ2) is 12.4. The van der Waals surface area contributed by atoms with Gasteiger partial charge in [-0.05, 0) is 75.5 Å². The van der Waals surface area contributed by atoms with Gasteiger partial charge in [0.25, 0.3) is 0 Å². The normalized spacial score (nSPS) is 16.4. The van der Waals surface area contributed by atoms with Gasteiger partial charge in [-0.1, -0.05) is 6.92 Å². The molecule has 0 radical (unpaired) electrons. The van der Waals surface area contributed by atoms with Crippen molar-refractivity contribution in [1.29, 1.82) is 0 Å². The number of urea groups is 1. The number of piperidine rings is 1. The van der Waals surface area contributed by atoms with E-state index in [0.29, 0.717) is 36.7 Å². The number of anilines is 4. The Labute approximate surface area is 230 Å². The van der Waals surface area contributed by atoms with Crippen LogP contribution in [0.4, 0.5) is 27.8 Å². The Hall–Kier alpha value is -3.76. The molecule has 3 heterocycles. The van der Waals surface area contributed by atoms with Crippen LogP contribution in [0.3, 0.4) is 0 Å². The summed E-state index contributed by atoms with van der Waals surface area (Å²) in [6.45, 7) is 7.01. The van der Waals surface area contributed by atoms with Crippen LogP contribution in [-0.2, 0) is 11.2 Å². The fourth-order valence-electron chi connectivity index (χ4n) is 4.99. The number of nitrogens with one attached hydrogen (secondary N) is 2. The molecule has 0 aliphatic carbocycles. The molecule has 2 amide bonds. The van der Waals surface area contributed by atoms with E-state index in [9.17, 15) is 4.79 Å². The molecule has 0 spiro atoms. The number of carbonyl (C=O) groups is 1. The molecule has 2 saturated heterocycles. The smallest absolute Gasteiger partial charge is 0.323 e. The highest BCUT2D eigenvalue weighted by atomic mass is 16.5. The van der Waals surface area contributed by atoms with Crippen LogP contribution in [-0.4, -0.2) is 85.4 Å². The molecule has 2 fully saturated rings. The second-order valence-electron chi connectivity index (χ2n) is 10.2. The molecular weight excluding hydrogens is 492 g/mol. The Balaban J connectivity index is 1.18. The third-order valence-corrected chi connectivity index (χ3v) is 7.37. The Kier molecular flexibility index (Phi) is 8.53. The van der Waals surface area contributed by atoms with Gasteiger partial charge in [0, 0.05) is 61.3 Å². The number of rotatable bonds is 7. The summed E-state index contributed by atoms with van der Waals surface area (Å²) in [6.07, 6.45) is 3.05. The van der Waals surface area contributed by atoms with Crippen LogP contribution >= 0.6 is 0 Å². The number of aryl methyl sites for hydroxylation is 1. The summed E-state index contributed by atoms with van der Waals surface area (Å²) in [5.74, 6) is 2.07. The zero-order chi connectivity index (χ0) is 27.2. The molecule has 0 bridgehead atoms. The maximum absolute atomic E-state index is 12.6. The molecule has 2 aliphatic rings. The van der Waals surface area contributed by atoms with Gasteiger partial charge < -0.3 is 30.1 Å². The fourth-order valence-corrected chi connectivity index (χ4v) is 4.99. The number of amides is 2. The van der Waals surface area contributed by atoms with Gasteiger partial charge in [-0.3, -0.25) is 0 Å². The van der Waals surface area contributed by atoms with Crippen LogP contribution in [0.2, 0.25) is 0 Å². The number of ether oxygens (including phenoxy) is 1. The molecule has 3 aromatic rings. The standard InChI is InChI=1S/C29H38N8O2/c1-4-26-32-27(34-28(33-26)37-17-19-39-20-18-37)21-5-7-22(8-6-21)30-29(38)31-23-9-11-25(12-10-23)36-15-13-24(14-16-36)35(2)3/h5-12,24H,4,13-20H2,1-3H3,(H2,30,31,38). The van der Waals surface area contributed by atoms with Crippen LogP contribution < -0.4 is 20.4 Å². The number of morpholine rings is 1. The molecule has 10 heteroatoms. The van der Waals surface area contributed by atoms with Crippen LogP contribution in [0.1, 0.15) is 25.6 Å². The van der Waals surface area contributed by atoms with Gasteiger partial charge in [0.05, 0.1) is 13.2 Å². The van der Waals surface area contributed by atoms with Crippen LogP contribution in [0, 0.1) is 0 Å². The first-order valence-corrected chi connectivity index (χ1v) is 13.8. The molecule has 1 aromatic heterocycles. The summed E-state index contributed by atoms with van der Waals surface area (Å²) in [7, 11) is 4.31. The average molecular weight is 531 g/mol. The molecule has 10 nitrogen and oxygen atoms in total. The maximum Gasteiger partial charge on any atom is 0.323 e. The lowest BCUT2D eigenvalue weighted by Gasteiger charge is -2.36. The van der Waals surface area contributed by atoms with Crippen molar-refractivity contribution >= 4 is 29.0 Å². The molecule has 2 aliphatic heterocycles. The first-order valence-electron chi connectivity index (χ1n) is 13.8. The van der Waals surface area contributed by atoms with E-state index in [-0.39, 0.29) is 6.03 Å². The molecule has 0 saturated carbocycles. The summed E-state index contributed by atoms with van der Waals surface area (Å²) < 4.78 is 5.46. The van der Waals surface area contributed by atoms with Gasteiger partial charge in [0.1, 0.15) is 5.82 Å². The van der Waals surface area contributed by atoms with Gasteiger partial charge in [0.2, 0.25) is 5.95 Å². The van der Waals surface area contributed by atoms with Gasteiger partial charge in [0.15, 0.2) is 5.82 Å². The zero-order valence-electron chi connectivity index (χ0n) is 23.1. The Morgan fingerprint density at radius 3 is 2.08 bits per heavy atom. The molecule has 206 valence electrons. The van der Waals surface area contributed by atoms with Crippen LogP contribution in [0.5, 0.6) is 0 Å². The molecule has 2 N–H and O–H groups in total. The van der Waals surface area contributed by atoms with Gasteiger partial charge in [-0.2, -0.15) is 9.97 Å². The number of aromatic nitrogens is 3. The molecule has 39 heavy (non-hydrogen) atoms. The lowest BCUT2D eigenvalue weighted by atomic mass is 10.0. The molecule has 5 rings (SSSR count). The summed E-state index contributed by atoms with van der Waals surface area (Å²) in [6, 6.07) is 16.0. The first kappa shape index (κ1) is 26.8. The highest BCUT2D eigenvalue weighted by Gasteiger charge is 2.21. The van der Waals surface area contributed by atoms with E-state index in [2.05, 4.69) is 61.5 Å². The number of nitrogens with zero attached hydrogens (tertiary/aromatic N) is 6. The summed E-state index contributed by atoms with van der Waals surface area (Å²) in [4.78, 5) is 33.5. The average Bonchev–Trinajstić information content (AvgIpc) is 2.98. The second-order valence-corrected chi connectivity index (χ2v) is 10.2. The van der Waals surface area contributed by atoms with Crippen molar-refractivity contribution in [2.24, 2.45) is 0 Å². The maximum atomic E-state index is 12.6. The molecular formula is C29H38N8O2. The quantitative estimate of drug-likeness (QED) is 0.471. The van der Waals surface area contributed by atoms with E-state index >= 15 is 0 Å². The minimum atomic E-state index is -0.287. The predicted molar refractivity (Wildman–Crippen MR) is 156 cm³/mol. The Bertz CT molecular complexity index is 1240. The Morgan fingerprint density at radius 1 is 0.872 bits per heavy atom. The van der Waals surface area contributed by atoms with Crippen molar-refractivity contribution in [2.45, 2.75) is 32.2 Å². The summed E-state index contributed by atoms with van der Waals surface area (Å²) in [5, 5.41) is 5.83. The van der Waals surface area contributed by atoms with E-state index in [1.807, 2.05) is 43.3 Å². The van der Waals surface area contributed by atoms with E-state index in [4.69, 9.17) is 9.72 Å². The predicted octanol–water partition coefficient (Wildman–Crippen LogP) is 4.11. The van der Waals surface area contributed by atoms with Crippen molar-refractivity contribution in [3.8, 4) is 11.4 Å². The minimum Gasteiger partial charge on any atom is -0.378 e. The van der Waals surface area contributed by atoms with Gasteiger partial charge in [-0.25, -0.2) is 9.78 Å². The number of benzene rings is 2. The monoisotopic (exact) mass is 530 g/mol. The third kappa shape index (κ3) is 6.82. The zero-order valence-corrected chi connectivity index (χ0v) is 23.1. The first-order chi connectivity index (χ1) is 19.0. The van der Waals surface area contributed by atoms with Crippen LogP contribution in [0.25, 0.3) is 11.4 Å². The number of carbonyl (C=O) groups excluding carboxylic acids is 1. The van der Waals surface area contributed by atoms with Crippen molar-refractivity contribution in [1.82, 2.24) is 19.9 Å². The van der Waals surface area contributed by atoms with Crippen molar-refractivity contribution in [2.75, 3.05) is 73.9 Å².